The Morgan fingerprint density at radius 3 is 2.56 bits per heavy atom. The molecule has 4 aliphatic carbocycles. The van der Waals surface area contributed by atoms with Gasteiger partial charge in [-0.3, -0.25) is 0 Å². The molecule has 6 fully saturated rings. The molecule has 4 saturated carbocycles. The van der Waals surface area contributed by atoms with Crippen molar-refractivity contribution in [3.63, 3.8) is 0 Å². The minimum absolute atomic E-state index is 0.437. The van der Waals surface area contributed by atoms with E-state index in [0.29, 0.717) is 41.5 Å². The van der Waals surface area contributed by atoms with Crippen LogP contribution in [0.1, 0.15) is 116 Å². The van der Waals surface area contributed by atoms with E-state index < -0.39 is 0 Å². The van der Waals surface area contributed by atoms with Gasteiger partial charge < -0.3 is 14.4 Å². The van der Waals surface area contributed by atoms with Crippen molar-refractivity contribution in [2.45, 2.75) is 129 Å². The lowest BCUT2D eigenvalue weighted by Gasteiger charge is -2.60. The smallest absolute Gasteiger partial charge is 0.0717 e. The van der Waals surface area contributed by atoms with Gasteiger partial charge in [0.25, 0.3) is 0 Å². The van der Waals surface area contributed by atoms with Crippen molar-refractivity contribution in [1.82, 2.24) is 4.90 Å². The van der Waals surface area contributed by atoms with Crippen LogP contribution in [0.3, 0.4) is 0 Å². The number of piperidine rings is 1. The van der Waals surface area contributed by atoms with Crippen LogP contribution >= 0.6 is 15.9 Å². The van der Waals surface area contributed by atoms with Gasteiger partial charge in [0.1, 0.15) is 0 Å². The van der Waals surface area contributed by atoms with Gasteiger partial charge >= 0.3 is 0 Å². The van der Waals surface area contributed by atoms with Crippen LogP contribution in [0.15, 0.2) is 28.7 Å². The second kappa shape index (κ2) is 13.0. The van der Waals surface area contributed by atoms with Crippen LogP contribution in [0.25, 0.3) is 0 Å². The van der Waals surface area contributed by atoms with Crippen molar-refractivity contribution >= 4 is 15.9 Å². The van der Waals surface area contributed by atoms with Crippen molar-refractivity contribution in [3.05, 3.63) is 34.3 Å². The van der Waals surface area contributed by atoms with Gasteiger partial charge in [0.05, 0.1) is 25.4 Å². The molecule has 1 aromatic rings. The highest BCUT2D eigenvalue weighted by atomic mass is 79.9. The molecule has 0 radical (unpaired) electrons. The van der Waals surface area contributed by atoms with Gasteiger partial charge in [-0.1, -0.05) is 68.1 Å². The zero-order valence-corrected chi connectivity index (χ0v) is 29.2. The first kappa shape index (κ1) is 31.2. The third-order valence-corrected chi connectivity index (χ3v) is 15.1. The van der Waals surface area contributed by atoms with E-state index >= 15 is 0 Å². The van der Waals surface area contributed by atoms with Gasteiger partial charge in [-0.2, -0.15) is 0 Å². The summed E-state index contributed by atoms with van der Waals surface area (Å²) in [6.07, 6.45) is 20.9. The maximum Gasteiger partial charge on any atom is 0.0717 e. The molecule has 2 heterocycles. The number of likely N-dealkylation sites (tertiary alicyclic amines) is 1. The molecule has 43 heavy (non-hydrogen) atoms. The van der Waals surface area contributed by atoms with Gasteiger partial charge in [-0.25, -0.2) is 0 Å². The summed E-state index contributed by atoms with van der Waals surface area (Å²) in [6, 6.07) is 8.61. The van der Waals surface area contributed by atoms with Gasteiger partial charge in [-0.05, 0) is 154 Å². The molecule has 0 amide bonds. The van der Waals surface area contributed by atoms with Crippen LogP contribution in [-0.4, -0.2) is 43.3 Å². The highest BCUT2D eigenvalue weighted by Crippen LogP contribution is 2.70. The number of benzene rings is 1. The number of fused-ring (bicyclic) bond motifs is 7. The molecule has 7 rings (SSSR count). The Morgan fingerprint density at radius 2 is 1.74 bits per heavy atom. The Hall–Kier alpha value is -0.420. The number of rotatable bonds is 9. The van der Waals surface area contributed by atoms with Gasteiger partial charge in [0.2, 0.25) is 0 Å². The Balaban J connectivity index is 0.974. The fraction of sp³-hybridized carbons (Fsp3) is 0.846. The SMILES string of the molecule is C[C@@H]1C(CCC(COCc2ccc(Br)cc2)CN2CCCCC2)O[C@H]2C[C@H]3[C@@H]4CCC5CCCC[C@]5(C)[C@H]4CC[C@]3(C)[C@H]21. The molecule has 0 aromatic heterocycles. The van der Waals surface area contributed by atoms with Gasteiger partial charge in [-0.15, -0.1) is 0 Å². The van der Waals surface area contributed by atoms with Gasteiger partial charge in [0, 0.05) is 11.0 Å². The quantitative estimate of drug-likeness (QED) is 0.265. The Morgan fingerprint density at radius 1 is 0.930 bits per heavy atom. The lowest BCUT2D eigenvalue weighted by molar-refractivity contribution is -0.115. The molecule has 0 spiro atoms. The molecule has 6 aliphatic rings. The van der Waals surface area contributed by atoms with Gasteiger partial charge in [0.15, 0.2) is 0 Å². The number of hydrogen-bond donors (Lipinski definition) is 0. The first-order valence-corrected chi connectivity index (χ1v) is 19.3. The standard InChI is InChI=1S/C39H60BrNO2/c1-27-35(17-12-29(24-41-21-7-4-8-22-41)26-42-25-28-10-14-31(40)15-11-28)43-36-23-34-32-16-13-30-9-5-6-19-38(30,2)33(32)18-20-39(34,3)37(27)36/h10-11,14-15,27,29-30,32-37H,4-9,12-13,16-26H2,1-3H3/t27-,29?,30?,32-,33+,34+,35?,36+,37+,38+,39+/m1/s1. The summed E-state index contributed by atoms with van der Waals surface area (Å²) in [5.41, 5.74) is 2.40. The molecule has 3 nitrogen and oxygen atoms in total. The first-order valence-electron chi connectivity index (χ1n) is 18.5. The molecule has 3 unspecified atom stereocenters. The molecular weight excluding hydrogens is 594 g/mol. The third-order valence-electron chi connectivity index (χ3n) is 14.5. The van der Waals surface area contributed by atoms with E-state index in [1.807, 2.05) is 0 Å². The summed E-state index contributed by atoms with van der Waals surface area (Å²) in [7, 11) is 0. The summed E-state index contributed by atoms with van der Waals surface area (Å²) in [5.74, 6) is 5.94. The van der Waals surface area contributed by atoms with Crippen molar-refractivity contribution in [2.75, 3.05) is 26.2 Å². The largest absolute Gasteiger partial charge is 0.376 e. The van der Waals surface area contributed by atoms with E-state index in [1.54, 1.807) is 0 Å². The van der Waals surface area contributed by atoms with Crippen molar-refractivity contribution < 1.29 is 9.47 Å². The molecule has 0 bridgehead atoms. The van der Waals surface area contributed by atoms with E-state index in [0.717, 1.165) is 40.7 Å². The summed E-state index contributed by atoms with van der Waals surface area (Å²) >= 11 is 3.56. The number of hydrogen-bond acceptors (Lipinski definition) is 3. The average molecular weight is 655 g/mol. The lowest BCUT2D eigenvalue weighted by Crippen LogP contribution is -2.53. The zero-order valence-electron chi connectivity index (χ0n) is 27.6. The van der Waals surface area contributed by atoms with E-state index in [4.69, 9.17) is 9.47 Å². The van der Waals surface area contributed by atoms with Crippen LogP contribution in [0.2, 0.25) is 0 Å². The van der Waals surface area contributed by atoms with E-state index in [-0.39, 0.29) is 0 Å². The summed E-state index contributed by atoms with van der Waals surface area (Å²) in [6.45, 7) is 13.3. The summed E-state index contributed by atoms with van der Waals surface area (Å²) < 4.78 is 14.6. The van der Waals surface area contributed by atoms with E-state index in [9.17, 15) is 0 Å². The first-order chi connectivity index (χ1) is 20.8. The van der Waals surface area contributed by atoms with E-state index in [2.05, 4.69) is 65.9 Å². The average Bonchev–Trinajstić information content (AvgIpc) is 3.49. The van der Waals surface area contributed by atoms with Crippen molar-refractivity contribution in [3.8, 4) is 0 Å². The molecule has 0 N–H and O–H groups in total. The van der Waals surface area contributed by atoms with Crippen molar-refractivity contribution in [1.29, 1.82) is 0 Å². The van der Waals surface area contributed by atoms with Crippen LogP contribution in [0.5, 0.6) is 0 Å². The molecule has 4 heteroatoms. The molecule has 2 saturated heterocycles. The van der Waals surface area contributed by atoms with Crippen LogP contribution < -0.4 is 0 Å². The maximum atomic E-state index is 7.13. The minimum Gasteiger partial charge on any atom is -0.376 e. The predicted octanol–water partition coefficient (Wildman–Crippen LogP) is 9.91. The van der Waals surface area contributed by atoms with Crippen molar-refractivity contribution in [2.24, 2.45) is 52.3 Å². The number of ether oxygens (including phenoxy) is 2. The highest BCUT2D eigenvalue weighted by Gasteiger charge is 2.65. The lowest BCUT2D eigenvalue weighted by atomic mass is 9.44. The topological polar surface area (TPSA) is 21.7 Å². The molecule has 1 aromatic carbocycles. The normalized spacial score (nSPS) is 43.4. The van der Waals surface area contributed by atoms with Crippen LogP contribution in [0, 0.1) is 52.3 Å². The summed E-state index contributed by atoms with van der Waals surface area (Å²) in [4.78, 5) is 2.72. The minimum atomic E-state index is 0.437. The molecule has 2 aliphatic heterocycles. The Bertz CT molecular complexity index is 1070. The highest BCUT2D eigenvalue weighted by molar-refractivity contribution is 9.10. The third kappa shape index (κ3) is 6.07. The molecular formula is C39H60BrNO2. The fourth-order valence-corrected chi connectivity index (χ4v) is 12.6. The molecule has 11 atom stereocenters. The summed E-state index contributed by atoms with van der Waals surface area (Å²) in [5, 5.41) is 0. The predicted molar refractivity (Wildman–Crippen MR) is 180 cm³/mol. The number of nitrogens with zero attached hydrogens (tertiary/aromatic N) is 1. The zero-order chi connectivity index (χ0) is 29.6. The second-order valence-electron chi connectivity index (χ2n) is 16.7. The second-order valence-corrected chi connectivity index (χ2v) is 17.6. The molecule has 240 valence electrons. The Labute approximate surface area is 271 Å². The maximum absolute atomic E-state index is 7.13. The Kier molecular flexibility index (Phi) is 9.43. The fourth-order valence-electron chi connectivity index (χ4n) is 12.4. The van der Waals surface area contributed by atoms with E-state index in [1.165, 1.54) is 115 Å². The van der Waals surface area contributed by atoms with Crippen LogP contribution in [-0.2, 0) is 16.1 Å². The monoisotopic (exact) mass is 653 g/mol. The van der Waals surface area contributed by atoms with Crippen LogP contribution in [0.4, 0.5) is 0 Å². The number of halogens is 1.